The number of aromatic nitrogens is 2. The molecule has 0 spiro atoms. The van der Waals surface area contributed by atoms with Crippen molar-refractivity contribution in [1.29, 1.82) is 0 Å². The lowest BCUT2D eigenvalue weighted by Crippen LogP contribution is -2.50. The molecule has 1 aromatic heterocycles. The fourth-order valence-corrected chi connectivity index (χ4v) is 3.17. The molecule has 2 aliphatic rings. The van der Waals surface area contributed by atoms with E-state index < -0.39 is 0 Å². The van der Waals surface area contributed by atoms with E-state index in [4.69, 9.17) is 4.74 Å². The molecule has 1 unspecified atom stereocenters. The third-order valence-electron chi connectivity index (χ3n) is 4.20. The summed E-state index contributed by atoms with van der Waals surface area (Å²) in [6.07, 6.45) is 2.64. The highest BCUT2D eigenvalue weighted by molar-refractivity contribution is 5.49. The zero-order chi connectivity index (χ0) is 13.9. The van der Waals surface area contributed by atoms with Gasteiger partial charge in [0, 0.05) is 45.9 Å². The highest BCUT2D eigenvalue weighted by atomic mass is 16.5. The van der Waals surface area contributed by atoms with Gasteiger partial charge in [-0.1, -0.05) is 0 Å². The number of fused-ring (bicyclic) bond motifs is 1. The van der Waals surface area contributed by atoms with Crippen LogP contribution < -0.4 is 10.2 Å². The van der Waals surface area contributed by atoms with Crippen molar-refractivity contribution in [3.05, 3.63) is 11.9 Å². The minimum Gasteiger partial charge on any atom is -0.377 e. The summed E-state index contributed by atoms with van der Waals surface area (Å²) in [6.45, 7) is 4.98. The topological polar surface area (TPSA) is 53.5 Å². The molecule has 20 heavy (non-hydrogen) atoms. The quantitative estimate of drug-likeness (QED) is 0.884. The van der Waals surface area contributed by atoms with Gasteiger partial charge in [-0.25, -0.2) is 9.97 Å². The second-order valence-corrected chi connectivity index (χ2v) is 5.49. The van der Waals surface area contributed by atoms with Crippen LogP contribution in [0.2, 0.25) is 0 Å². The SMILES string of the molecule is CNc1cc(N2CCN3CCCC3C2)nc(COC)n1. The Morgan fingerprint density at radius 3 is 3.05 bits per heavy atom. The molecule has 6 heteroatoms. The predicted molar refractivity (Wildman–Crippen MR) is 79.1 cm³/mol. The normalized spacial score (nSPS) is 22.9. The van der Waals surface area contributed by atoms with Gasteiger partial charge in [-0.15, -0.1) is 0 Å². The summed E-state index contributed by atoms with van der Waals surface area (Å²) in [7, 11) is 3.56. The molecule has 0 bridgehead atoms. The van der Waals surface area contributed by atoms with Crippen molar-refractivity contribution < 1.29 is 4.74 Å². The molecule has 2 aliphatic heterocycles. The summed E-state index contributed by atoms with van der Waals surface area (Å²) in [6, 6.07) is 2.73. The number of piperazine rings is 1. The number of nitrogens with one attached hydrogen (secondary N) is 1. The number of methoxy groups -OCH3 is 1. The lowest BCUT2D eigenvalue weighted by molar-refractivity contribution is 0.177. The van der Waals surface area contributed by atoms with E-state index in [1.807, 2.05) is 13.1 Å². The molecule has 2 saturated heterocycles. The van der Waals surface area contributed by atoms with Gasteiger partial charge in [0.1, 0.15) is 18.2 Å². The molecule has 0 saturated carbocycles. The fourth-order valence-electron chi connectivity index (χ4n) is 3.17. The maximum absolute atomic E-state index is 5.16. The van der Waals surface area contributed by atoms with Crippen molar-refractivity contribution in [2.24, 2.45) is 0 Å². The first-order valence-corrected chi connectivity index (χ1v) is 7.34. The van der Waals surface area contributed by atoms with Crippen molar-refractivity contribution in [3.8, 4) is 0 Å². The monoisotopic (exact) mass is 277 g/mol. The zero-order valence-corrected chi connectivity index (χ0v) is 12.3. The third kappa shape index (κ3) is 2.71. The Bertz CT molecular complexity index is 467. The van der Waals surface area contributed by atoms with E-state index in [0.717, 1.165) is 37.1 Å². The van der Waals surface area contributed by atoms with Gasteiger partial charge in [-0.05, 0) is 19.4 Å². The Hall–Kier alpha value is -1.40. The second-order valence-electron chi connectivity index (χ2n) is 5.49. The van der Waals surface area contributed by atoms with Crippen LogP contribution >= 0.6 is 0 Å². The Morgan fingerprint density at radius 1 is 1.35 bits per heavy atom. The average Bonchev–Trinajstić information content (AvgIpc) is 2.94. The molecule has 110 valence electrons. The van der Waals surface area contributed by atoms with Crippen LogP contribution in [0.1, 0.15) is 18.7 Å². The van der Waals surface area contributed by atoms with Crippen molar-refractivity contribution in [2.75, 3.05) is 50.6 Å². The van der Waals surface area contributed by atoms with Gasteiger partial charge in [-0.2, -0.15) is 0 Å². The molecule has 0 aliphatic carbocycles. The highest BCUT2D eigenvalue weighted by Crippen LogP contribution is 2.25. The molecule has 0 radical (unpaired) electrons. The van der Waals surface area contributed by atoms with Crippen molar-refractivity contribution in [1.82, 2.24) is 14.9 Å². The Labute approximate surface area is 120 Å². The second kappa shape index (κ2) is 5.93. The smallest absolute Gasteiger partial charge is 0.158 e. The molecular weight excluding hydrogens is 254 g/mol. The Kier molecular flexibility index (Phi) is 4.03. The van der Waals surface area contributed by atoms with Gasteiger partial charge in [0.25, 0.3) is 0 Å². The number of rotatable bonds is 4. The van der Waals surface area contributed by atoms with Crippen molar-refractivity contribution >= 4 is 11.6 Å². The van der Waals surface area contributed by atoms with E-state index in [1.165, 1.54) is 19.4 Å². The minimum absolute atomic E-state index is 0.450. The van der Waals surface area contributed by atoms with Crippen molar-refractivity contribution in [3.63, 3.8) is 0 Å². The predicted octanol–water partition coefficient (Wildman–Crippen LogP) is 0.949. The minimum atomic E-state index is 0.450. The molecule has 3 rings (SSSR count). The van der Waals surface area contributed by atoms with Crippen molar-refractivity contribution in [2.45, 2.75) is 25.5 Å². The largest absolute Gasteiger partial charge is 0.377 e. The van der Waals surface area contributed by atoms with Gasteiger partial charge < -0.3 is 15.0 Å². The molecule has 1 N–H and O–H groups in total. The summed E-state index contributed by atoms with van der Waals surface area (Å²) in [5, 5.41) is 3.11. The fraction of sp³-hybridized carbons (Fsp3) is 0.714. The van der Waals surface area contributed by atoms with Crippen LogP contribution in [0.15, 0.2) is 6.07 Å². The van der Waals surface area contributed by atoms with Crippen LogP contribution in [0.4, 0.5) is 11.6 Å². The molecule has 3 heterocycles. The Balaban J connectivity index is 1.79. The van der Waals surface area contributed by atoms with Crippen LogP contribution in [0.25, 0.3) is 0 Å². The molecule has 2 fully saturated rings. The van der Waals surface area contributed by atoms with E-state index in [-0.39, 0.29) is 0 Å². The highest BCUT2D eigenvalue weighted by Gasteiger charge is 2.31. The number of hydrogen-bond acceptors (Lipinski definition) is 6. The lowest BCUT2D eigenvalue weighted by Gasteiger charge is -2.38. The maximum Gasteiger partial charge on any atom is 0.158 e. The molecule has 6 nitrogen and oxygen atoms in total. The molecule has 1 atom stereocenters. The van der Waals surface area contributed by atoms with E-state index in [2.05, 4.69) is 25.1 Å². The summed E-state index contributed by atoms with van der Waals surface area (Å²) in [4.78, 5) is 14.0. The molecule has 1 aromatic rings. The Morgan fingerprint density at radius 2 is 2.25 bits per heavy atom. The van der Waals surface area contributed by atoms with Crippen LogP contribution in [-0.4, -0.2) is 61.2 Å². The first-order chi connectivity index (χ1) is 9.80. The van der Waals surface area contributed by atoms with E-state index in [9.17, 15) is 0 Å². The number of hydrogen-bond donors (Lipinski definition) is 1. The summed E-state index contributed by atoms with van der Waals surface area (Å²) >= 11 is 0. The van der Waals surface area contributed by atoms with E-state index in [1.54, 1.807) is 7.11 Å². The van der Waals surface area contributed by atoms with Crippen LogP contribution in [0.5, 0.6) is 0 Å². The summed E-state index contributed by atoms with van der Waals surface area (Å²) in [5.41, 5.74) is 0. The first-order valence-electron chi connectivity index (χ1n) is 7.34. The first kappa shape index (κ1) is 13.6. The summed E-state index contributed by atoms with van der Waals surface area (Å²) in [5.74, 6) is 2.61. The number of anilines is 2. The zero-order valence-electron chi connectivity index (χ0n) is 12.3. The third-order valence-corrected chi connectivity index (χ3v) is 4.20. The van der Waals surface area contributed by atoms with E-state index >= 15 is 0 Å². The van der Waals surface area contributed by atoms with E-state index in [0.29, 0.717) is 12.6 Å². The van der Waals surface area contributed by atoms with Gasteiger partial charge in [0.15, 0.2) is 5.82 Å². The summed E-state index contributed by atoms with van der Waals surface area (Å²) < 4.78 is 5.16. The van der Waals surface area contributed by atoms with Gasteiger partial charge in [-0.3, -0.25) is 4.90 Å². The standard InChI is InChI=1S/C14H23N5O/c1-15-12-8-14(17-13(16-12)10-20-2)19-7-6-18-5-3-4-11(18)9-19/h8,11H,3-7,9-10H2,1-2H3,(H,15,16,17). The van der Waals surface area contributed by atoms with Gasteiger partial charge >= 0.3 is 0 Å². The number of nitrogens with zero attached hydrogens (tertiary/aromatic N) is 4. The lowest BCUT2D eigenvalue weighted by atomic mass is 10.1. The van der Waals surface area contributed by atoms with Crippen LogP contribution in [0.3, 0.4) is 0 Å². The van der Waals surface area contributed by atoms with Gasteiger partial charge in [0.05, 0.1) is 0 Å². The number of ether oxygens (including phenoxy) is 1. The van der Waals surface area contributed by atoms with Crippen LogP contribution in [0, 0.1) is 0 Å². The van der Waals surface area contributed by atoms with Crippen LogP contribution in [-0.2, 0) is 11.3 Å². The maximum atomic E-state index is 5.16. The molecule has 0 aromatic carbocycles. The molecular formula is C14H23N5O. The molecule has 0 amide bonds. The average molecular weight is 277 g/mol. The van der Waals surface area contributed by atoms with Gasteiger partial charge in [0.2, 0.25) is 0 Å².